The van der Waals surface area contributed by atoms with E-state index in [1.54, 1.807) is 17.0 Å². The number of aromatic hydroxyl groups is 1. The zero-order valence-electron chi connectivity index (χ0n) is 11.8. The van der Waals surface area contributed by atoms with E-state index in [-0.39, 0.29) is 17.9 Å². The number of anilines is 1. The number of ether oxygens (including phenoxy) is 1. The highest BCUT2D eigenvalue weighted by molar-refractivity contribution is 6.32. The fourth-order valence-electron chi connectivity index (χ4n) is 1.88. The summed E-state index contributed by atoms with van der Waals surface area (Å²) in [5.74, 6) is 0.0567. The topological polar surface area (TPSA) is 61.8 Å². The van der Waals surface area contributed by atoms with Crippen LogP contribution < -0.4 is 5.32 Å². The third kappa shape index (κ3) is 3.70. The minimum absolute atomic E-state index is 0.0567. The van der Waals surface area contributed by atoms with Gasteiger partial charge in [0.2, 0.25) is 0 Å². The Kier molecular flexibility index (Phi) is 3.99. The van der Waals surface area contributed by atoms with Crippen molar-refractivity contribution >= 4 is 23.4 Å². The largest absolute Gasteiger partial charge is 0.506 e. The molecule has 0 saturated carbocycles. The summed E-state index contributed by atoms with van der Waals surface area (Å²) in [5, 5.41) is 12.9. The first kappa shape index (κ1) is 14.8. The summed E-state index contributed by atoms with van der Waals surface area (Å²) in [6.45, 7) is 6.72. The predicted molar refractivity (Wildman–Crippen MR) is 78.3 cm³/mol. The quantitative estimate of drug-likeness (QED) is 0.824. The standard InChI is InChI=1S/C14H19ClN2O3/c1-14(2,3)20-13(19)17-7-10(8-17)16-9-4-5-12(18)11(15)6-9/h4-6,10,16,18H,7-8H2,1-3H3. The second-order valence-corrected chi connectivity index (χ2v) is 6.30. The maximum Gasteiger partial charge on any atom is 0.410 e. The molecule has 2 rings (SSSR count). The Balaban J connectivity index is 1.82. The number of carbonyl (C=O) groups is 1. The van der Waals surface area contributed by atoms with Gasteiger partial charge in [0, 0.05) is 18.8 Å². The molecule has 1 aliphatic rings. The Morgan fingerprint density at radius 1 is 1.45 bits per heavy atom. The number of rotatable bonds is 2. The molecule has 0 radical (unpaired) electrons. The second-order valence-electron chi connectivity index (χ2n) is 5.89. The molecule has 1 aromatic rings. The van der Waals surface area contributed by atoms with Gasteiger partial charge in [0.25, 0.3) is 0 Å². The number of amides is 1. The highest BCUT2D eigenvalue weighted by Gasteiger charge is 2.33. The molecule has 20 heavy (non-hydrogen) atoms. The minimum Gasteiger partial charge on any atom is -0.506 e. The molecular formula is C14H19ClN2O3. The van der Waals surface area contributed by atoms with E-state index < -0.39 is 5.60 Å². The molecule has 1 saturated heterocycles. The van der Waals surface area contributed by atoms with Crippen LogP contribution in [0.4, 0.5) is 10.5 Å². The summed E-state index contributed by atoms with van der Waals surface area (Å²) in [5.41, 5.74) is 0.349. The van der Waals surface area contributed by atoms with E-state index in [2.05, 4.69) is 5.32 Å². The number of hydrogen-bond acceptors (Lipinski definition) is 4. The SMILES string of the molecule is CC(C)(C)OC(=O)N1CC(Nc2ccc(O)c(Cl)c2)C1. The first-order valence-corrected chi connectivity index (χ1v) is 6.85. The zero-order chi connectivity index (χ0) is 14.9. The van der Waals surface area contributed by atoms with Gasteiger partial charge >= 0.3 is 6.09 Å². The number of likely N-dealkylation sites (tertiary alicyclic amines) is 1. The highest BCUT2D eigenvalue weighted by atomic mass is 35.5. The van der Waals surface area contributed by atoms with Crippen LogP contribution in [0.15, 0.2) is 18.2 Å². The number of hydrogen-bond donors (Lipinski definition) is 2. The van der Waals surface area contributed by atoms with Crippen molar-refractivity contribution in [2.24, 2.45) is 0 Å². The third-order valence-corrected chi connectivity index (χ3v) is 3.15. The van der Waals surface area contributed by atoms with Gasteiger partial charge in [0.15, 0.2) is 0 Å². The van der Waals surface area contributed by atoms with E-state index in [4.69, 9.17) is 16.3 Å². The third-order valence-electron chi connectivity index (χ3n) is 2.85. The molecule has 0 atom stereocenters. The predicted octanol–water partition coefficient (Wildman–Crippen LogP) is 3.08. The van der Waals surface area contributed by atoms with Crippen molar-refractivity contribution in [1.82, 2.24) is 4.90 Å². The van der Waals surface area contributed by atoms with Crippen LogP contribution in [0.5, 0.6) is 5.75 Å². The van der Waals surface area contributed by atoms with Crippen molar-refractivity contribution in [3.63, 3.8) is 0 Å². The van der Waals surface area contributed by atoms with Crippen LogP contribution >= 0.6 is 11.6 Å². The summed E-state index contributed by atoms with van der Waals surface area (Å²) in [6, 6.07) is 5.11. The molecule has 6 heteroatoms. The Hall–Kier alpha value is -1.62. The van der Waals surface area contributed by atoms with E-state index >= 15 is 0 Å². The number of nitrogens with zero attached hydrogens (tertiary/aromatic N) is 1. The van der Waals surface area contributed by atoms with Gasteiger partial charge in [0.1, 0.15) is 11.4 Å². The Bertz CT molecular complexity index is 508. The maximum atomic E-state index is 11.8. The monoisotopic (exact) mass is 298 g/mol. The molecule has 1 amide bonds. The molecule has 1 aromatic carbocycles. The molecule has 110 valence electrons. The molecule has 0 bridgehead atoms. The van der Waals surface area contributed by atoms with E-state index in [1.165, 1.54) is 6.07 Å². The molecule has 1 heterocycles. The van der Waals surface area contributed by atoms with Gasteiger partial charge in [0.05, 0.1) is 11.1 Å². The summed E-state index contributed by atoms with van der Waals surface area (Å²) in [4.78, 5) is 13.4. The lowest BCUT2D eigenvalue weighted by atomic mass is 10.1. The lowest BCUT2D eigenvalue weighted by Crippen LogP contribution is -2.57. The zero-order valence-corrected chi connectivity index (χ0v) is 12.6. The van der Waals surface area contributed by atoms with Crippen molar-refractivity contribution < 1.29 is 14.6 Å². The fraction of sp³-hybridized carbons (Fsp3) is 0.500. The minimum atomic E-state index is -0.472. The number of halogens is 1. The first-order chi connectivity index (χ1) is 9.24. The number of phenolic OH excluding ortho intramolecular Hbond substituents is 1. The summed E-state index contributed by atoms with van der Waals surface area (Å²) >= 11 is 5.84. The van der Waals surface area contributed by atoms with Gasteiger partial charge in [-0.15, -0.1) is 0 Å². The van der Waals surface area contributed by atoms with E-state index in [0.717, 1.165) is 5.69 Å². The molecule has 1 aliphatic heterocycles. The van der Waals surface area contributed by atoms with E-state index in [9.17, 15) is 9.90 Å². The second kappa shape index (κ2) is 5.40. The number of phenols is 1. The molecule has 1 fully saturated rings. The van der Waals surface area contributed by atoms with Crippen LogP contribution in [0.25, 0.3) is 0 Å². The lowest BCUT2D eigenvalue weighted by Gasteiger charge is -2.40. The van der Waals surface area contributed by atoms with Crippen molar-refractivity contribution in [2.75, 3.05) is 18.4 Å². The van der Waals surface area contributed by atoms with Crippen molar-refractivity contribution in [1.29, 1.82) is 0 Å². The van der Waals surface area contributed by atoms with Crippen molar-refractivity contribution in [3.8, 4) is 5.75 Å². The van der Waals surface area contributed by atoms with Gasteiger partial charge in [-0.25, -0.2) is 4.79 Å². The van der Waals surface area contributed by atoms with Gasteiger partial charge in [-0.05, 0) is 39.0 Å². The van der Waals surface area contributed by atoms with E-state index in [1.807, 2.05) is 20.8 Å². The average Bonchev–Trinajstić information content (AvgIpc) is 2.25. The van der Waals surface area contributed by atoms with Gasteiger partial charge in [-0.2, -0.15) is 0 Å². The number of carbonyl (C=O) groups excluding carboxylic acids is 1. The van der Waals surface area contributed by atoms with E-state index in [0.29, 0.717) is 18.1 Å². The van der Waals surface area contributed by atoms with Crippen LogP contribution in [-0.2, 0) is 4.74 Å². The van der Waals surface area contributed by atoms with Gasteiger partial charge < -0.3 is 20.1 Å². The Morgan fingerprint density at radius 2 is 2.10 bits per heavy atom. The number of nitrogens with one attached hydrogen (secondary N) is 1. The average molecular weight is 299 g/mol. The van der Waals surface area contributed by atoms with Crippen molar-refractivity contribution in [3.05, 3.63) is 23.2 Å². The van der Waals surface area contributed by atoms with Crippen molar-refractivity contribution in [2.45, 2.75) is 32.4 Å². The summed E-state index contributed by atoms with van der Waals surface area (Å²) < 4.78 is 5.28. The van der Waals surface area contributed by atoms with Gasteiger partial charge in [-0.1, -0.05) is 11.6 Å². The van der Waals surface area contributed by atoms with Crippen LogP contribution in [-0.4, -0.2) is 40.8 Å². The molecular weight excluding hydrogens is 280 g/mol. The molecule has 0 unspecified atom stereocenters. The first-order valence-electron chi connectivity index (χ1n) is 6.47. The molecule has 5 nitrogen and oxygen atoms in total. The smallest absolute Gasteiger partial charge is 0.410 e. The molecule has 0 aliphatic carbocycles. The summed E-state index contributed by atoms with van der Waals surface area (Å²) in [7, 11) is 0. The Morgan fingerprint density at radius 3 is 2.65 bits per heavy atom. The van der Waals surface area contributed by atoms with Crippen LogP contribution in [0.2, 0.25) is 5.02 Å². The summed E-state index contributed by atoms with van der Waals surface area (Å²) in [6.07, 6.45) is -0.292. The fourth-order valence-corrected chi connectivity index (χ4v) is 2.06. The highest BCUT2D eigenvalue weighted by Crippen LogP contribution is 2.27. The van der Waals surface area contributed by atoms with Gasteiger partial charge in [-0.3, -0.25) is 0 Å². The maximum absolute atomic E-state index is 11.8. The lowest BCUT2D eigenvalue weighted by molar-refractivity contribution is 0.0105. The molecule has 2 N–H and O–H groups in total. The van der Waals surface area contributed by atoms with Crippen LogP contribution in [0.3, 0.4) is 0 Å². The molecule has 0 spiro atoms. The normalized spacial score (nSPS) is 15.7. The van der Waals surface area contributed by atoms with Crippen LogP contribution in [0, 0.1) is 0 Å². The Labute approximate surface area is 123 Å². The molecule has 0 aromatic heterocycles. The van der Waals surface area contributed by atoms with Crippen LogP contribution in [0.1, 0.15) is 20.8 Å². The number of benzene rings is 1.